The number of aliphatic hydroxyl groups excluding tert-OH is 2. The normalized spacial score (nSPS) is 17.3. The summed E-state index contributed by atoms with van der Waals surface area (Å²) in [7, 11) is 0. The molecule has 11 nitrogen and oxygen atoms in total. The number of rotatable bonds is 17. The van der Waals surface area contributed by atoms with E-state index in [1.54, 1.807) is 20.8 Å². The standard InChI is InChI=1S/C29H40F2N2O4.C25H32F2N2O3.CH4/c1-28(2,3)16-18-7-8-26-22(13-18)23(9-10-36-26)32-17-25(34)24(33-27(35)37-29(4,5)6)14-19-11-20(30)15-21(31)12-19;1-25(2,3)13-16-4-5-24-20(10-16)21(6-7-32-24)28-14-23(31)22(29-15-30)11-17-8-18(26)12-19(27)9-17;/h7-8,11-13,15,23-25,32,34H,9-10,14,16-17H2,1-6H3,(H,33,35);4-5,8-10,12,15,21-23,28,31H,6-7,11,13-14H2,1-3H3,(H,29,30);1H4/t23-,24-,25+;21-,22-,23+;/m00./s1. The Labute approximate surface area is 412 Å². The van der Waals surface area contributed by atoms with Gasteiger partial charge in [0, 0.05) is 61.3 Å². The maximum Gasteiger partial charge on any atom is 0.407 e. The number of carbonyl (C=O) groups excluding carboxylic acids is 2. The Morgan fingerprint density at radius 2 is 1.04 bits per heavy atom. The second kappa shape index (κ2) is 25.2. The van der Waals surface area contributed by atoms with E-state index in [2.05, 4.69) is 87.1 Å². The zero-order valence-corrected chi connectivity index (χ0v) is 41.5. The Bertz CT molecular complexity index is 2290. The Morgan fingerprint density at radius 3 is 1.43 bits per heavy atom. The summed E-state index contributed by atoms with van der Waals surface area (Å²) in [6, 6.07) is 17.3. The first-order chi connectivity index (χ1) is 32.3. The third kappa shape index (κ3) is 18.8. The van der Waals surface area contributed by atoms with Crippen molar-refractivity contribution in [2.45, 2.75) is 150 Å². The van der Waals surface area contributed by atoms with Gasteiger partial charge in [0.1, 0.15) is 40.4 Å². The van der Waals surface area contributed by atoms with Gasteiger partial charge in [-0.2, -0.15) is 0 Å². The van der Waals surface area contributed by atoms with Crippen LogP contribution in [0.3, 0.4) is 0 Å². The van der Waals surface area contributed by atoms with Crippen LogP contribution in [0, 0.1) is 34.1 Å². The van der Waals surface area contributed by atoms with Crippen LogP contribution >= 0.6 is 0 Å². The highest BCUT2D eigenvalue weighted by Crippen LogP contribution is 2.36. The van der Waals surface area contributed by atoms with E-state index < -0.39 is 59.3 Å². The zero-order chi connectivity index (χ0) is 50.7. The Kier molecular flexibility index (Phi) is 20.7. The summed E-state index contributed by atoms with van der Waals surface area (Å²) in [6.07, 6.45) is 1.24. The third-order valence-electron chi connectivity index (χ3n) is 11.5. The van der Waals surface area contributed by atoms with Crippen LogP contribution in [0.15, 0.2) is 72.8 Å². The molecule has 4 aromatic rings. The lowest BCUT2D eigenvalue weighted by atomic mass is 9.86. The summed E-state index contributed by atoms with van der Waals surface area (Å²) in [6.45, 7) is 19.8. The first kappa shape index (κ1) is 57.4. The number of alkyl carbamates (subject to hydrolysis) is 1. The monoisotopic (exact) mass is 981 g/mol. The minimum absolute atomic E-state index is 0. The Hall–Kier alpha value is -5.22. The third-order valence-corrected chi connectivity index (χ3v) is 11.5. The summed E-state index contributed by atoms with van der Waals surface area (Å²) in [5.74, 6) is -1.18. The van der Waals surface area contributed by atoms with Gasteiger partial charge in [-0.15, -0.1) is 0 Å². The van der Waals surface area contributed by atoms with Crippen molar-refractivity contribution in [3.8, 4) is 11.5 Å². The molecule has 2 aliphatic heterocycles. The molecule has 6 rings (SSSR count). The van der Waals surface area contributed by atoms with Gasteiger partial charge in [-0.25, -0.2) is 22.4 Å². The van der Waals surface area contributed by atoms with Crippen LogP contribution in [0.25, 0.3) is 0 Å². The van der Waals surface area contributed by atoms with Crippen molar-refractivity contribution in [2.75, 3.05) is 26.3 Å². The molecule has 70 heavy (non-hydrogen) atoms. The van der Waals surface area contributed by atoms with Crippen molar-refractivity contribution >= 4 is 12.5 Å². The largest absolute Gasteiger partial charge is 0.493 e. The molecule has 15 heteroatoms. The fourth-order valence-corrected chi connectivity index (χ4v) is 8.67. The molecule has 0 saturated carbocycles. The quantitative estimate of drug-likeness (QED) is 0.0449. The van der Waals surface area contributed by atoms with Crippen LogP contribution < -0.4 is 30.7 Å². The summed E-state index contributed by atoms with van der Waals surface area (Å²) < 4.78 is 71.6. The summed E-state index contributed by atoms with van der Waals surface area (Å²) in [4.78, 5) is 23.5. The Balaban J connectivity index is 0.000000303. The van der Waals surface area contributed by atoms with Gasteiger partial charge in [-0.05, 0) is 116 Å². The topological polar surface area (TPSA) is 150 Å². The number of aliphatic hydroxyl groups is 2. The van der Waals surface area contributed by atoms with E-state index in [0.29, 0.717) is 30.8 Å². The minimum Gasteiger partial charge on any atom is -0.493 e. The van der Waals surface area contributed by atoms with E-state index >= 15 is 0 Å². The molecule has 0 unspecified atom stereocenters. The molecule has 386 valence electrons. The number of hydrogen-bond donors (Lipinski definition) is 6. The number of halogens is 4. The lowest BCUT2D eigenvalue weighted by molar-refractivity contribution is -0.110. The van der Waals surface area contributed by atoms with Gasteiger partial charge in [0.05, 0.1) is 37.5 Å². The van der Waals surface area contributed by atoms with Crippen LogP contribution in [0.4, 0.5) is 22.4 Å². The van der Waals surface area contributed by atoms with Crippen molar-refractivity contribution in [3.63, 3.8) is 0 Å². The van der Waals surface area contributed by atoms with Crippen molar-refractivity contribution in [1.29, 1.82) is 0 Å². The molecule has 2 aliphatic rings. The van der Waals surface area contributed by atoms with Gasteiger partial charge in [0.2, 0.25) is 6.41 Å². The first-order valence-electron chi connectivity index (χ1n) is 23.8. The van der Waals surface area contributed by atoms with E-state index in [0.717, 1.165) is 60.4 Å². The molecule has 0 aromatic heterocycles. The van der Waals surface area contributed by atoms with E-state index in [1.807, 2.05) is 12.1 Å². The summed E-state index contributed by atoms with van der Waals surface area (Å²) >= 11 is 0. The maximum absolute atomic E-state index is 13.8. The molecule has 0 bridgehead atoms. The number of benzene rings is 4. The van der Waals surface area contributed by atoms with Gasteiger partial charge >= 0.3 is 6.09 Å². The summed E-state index contributed by atoms with van der Waals surface area (Å²) in [5.41, 5.74) is 4.77. The average Bonchev–Trinajstić information content (AvgIpc) is 3.22. The van der Waals surface area contributed by atoms with Crippen LogP contribution in [0.2, 0.25) is 0 Å². The predicted octanol–water partition coefficient (Wildman–Crippen LogP) is 9.78. The van der Waals surface area contributed by atoms with Crippen molar-refractivity contribution in [2.24, 2.45) is 10.8 Å². The molecule has 2 amide bonds. The fourth-order valence-electron chi connectivity index (χ4n) is 8.67. The van der Waals surface area contributed by atoms with Gasteiger partial charge in [0.15, 0.2) is 0 Å². The van der Waals surface area contributed by atoms with Crippen molar-refractivity contribution in [1.82, 2.24) is 21.3 Å². The molecule has 2 heterocycles. The number of nitrogens with one attached hydrogen (secondary N) is 4. The van der Waals surface area contributed by atoms with Crippen molar-refractivity contribution < 1.29 is 51.6 Å². The average molecular weight is 981 g/mol. The van der Waals surface area contributed by atoms with E-state index in [4.69, 9.17) is 14.2 Å². The second-order valence-electron chi connectivity index (χ2n) is 21.7. The van der Waals surface area contributed by atoms with Gasteiger partial charge < -0.3 is 45.7 Å². The second-order valence-corrected chi connectivity index (χ2v) is 21.7. The van der Waals surface area contributed by atoms with Gasteiger partial charge in [-0.3, -0.25) is 4.79 Å². The number of carbonyl (C=O) groups is 2. The van der Waals surface area contributed by atoms with Gasteiger partial charge in [-0.1, -0.05) is 73.2 Å². The summed E-state index contributed by atoms with van der Waals surface area (Å²) in [5, 5.41) is 33.9. The molecule has 0 spiro atoms. The predicted molar refractivity (Wildman–Crippen MR) is 266 cm³/mol. The van der Waals surface area contributed by atoms with Crippen LogP contribution in [0.5, 0.6) is 11.5 Å². The molecule has 0 aliphatic carbocycles. The van der Waals surface area contributed by atoms with E-state index in [9.17, 15) is 37.4 Å². The van der Waals surface area contributed by atoms with Crippen LogP contribution in [0.1, 0.15) is 128 Å². The number of hydrogen-bond acceptors (Lipinski definition) is 9. The SMILES string of the molecule is C.CC(C)(C)Cc1ccc2c(c1)[C@@H](NC[C@@H](O)[C@H](Cc1cc(F)cc(F)c1)NC(=O)OC(C)(C)C)CCO2.CC(C)(C)Cc1ccc2c(c1)[C@@H](NC[C@@H](O)[C@H](Cc1cc(F)cc(F)c1)NC=O)CCO2. The van der Waals surface area contributed by atoms with E-state index in [1.165, 1.54) is 35.4 Å². The maximum atomic E-state index is 13.8. The number of fused-ring (bicyclic) bond motifs is 2. The molecule has 0 saturated heterocycles. The highest BCUT2D eigenvalue weighted by Gasteiger charge is 2.30. The highest BCUT2D eigenvalue weighted by atomic mass is 19.1. The molecule has 6 N–H and O–H groups in total. The number of amides is 2. The van der Waals surface area contributed by atoms with Crippen LogP contribution in [-0.2, 0) is 35.2 Å². The van der Waals surface area contributed by atoms with Gasteiger partial charge in [0.25, 0.3) is 0 Å². The zero-order valence-electron chi connectivity index (χ0n) is 41.5. The van der Waals surface area contributed by atoms with Crippen molar-refractivity contribution in [3.05, 3.63) is 129 Å². The lowest BCUT2D eigenvalue weighted by Gasteiger charge is -2.31. The molecule has 0 radical (unpaired) electrons. The molecular weight excluding hydrogens is 905 g/mol. The Morgan fingerprint density at radius 1 is 0.643 bits per heavy atom. The molecular formula is C55H76F4N4O7. The smallest absolute Gasteiger partial charge is 0.407 e. The fraction of sp³-hybridized carbons (Fsp3) is 0.527. The molecule has 6 atom stereocenters. The molecule has 4 aromatic carbocycles. The lowest BCUT2D eigenvalue weighted by Crippen LogP contribution is -2.50. The highest BCUT2D eigenvalue weighted by molar-refractivity contribution is 5.68. The van der Waals surface area contributed by atoms with E-state index in [-0.39, 0.29) is 56.3 Å². The minimum atomic E-state index is -1.05. The first-order valence-corrected chi connectivity index (χ1v) is 23.8. The number of ether oxygens (including phenoxy) is 3. The van der Waals surface area contributed by atoms with Crippen LogP contribution in [-0.4, -0.2) is 78.9 Å². The molecule has 0 fully saturated rings.